The number of hydrogen-bond donors (Lipinski definition) is 3. The standard InChI is InChI=1S/C11H18N2O4/c1-16-5-4-13-11(15)7-12-6-9-2-3-10(8-14)17-9/h2-3,12,14H,4-8H2,1H3,(H,13,15). The van der Waals surface area contributed by atoms with E-state index in [0.717, 1.165) is 0 Å². The van der Waals surface area contributed by atoms with Gasteiger partial charge in [0, 0.05) is 13.7 Å². The first-order valence-corrected chi connectivity index (χ1v) is 5.41. The molecule has 1 amide bonds. The van der Waals surface area contributed by atoms with E-state index in [1.54, 1.807) is 19.2 Å². The molecule has 6 nitrogen and oxygen atoms in total. The number of amides is 1. The van der Waals surface area contributed by atoms with Crippen LogP contribution in [0.1, 0.15) is 11.5 Å². The van der Waals surface area contributed by atoms with Crippen LogP contribution in [0.4, 0.5) is 0 Å². The molecule has 0 aliphatic rings. The minimum atomic E-state index is -0.114. The van der Waals surface area contributed by atoms with E-state index in [1.807, 2.05) is 0 Å². The molecule has 1 aromatic heterocycles. The molecule has 0 bridgehead atoms. The second kappa shape index (κ2) is 7.83. The average molecular weight is 242 g/mol. The Morgan fingerprint density at radius 3 is 2.88 bits per heavy atom. The third kappa shape index (κ3) is 5.48. The molecule has 0 fully saturated rings. The molecule has 0 aliphatic heterocycles. The van der Waals surface area contributed by atoms with Gasteiger partial charge in [0.25, 0.3) is 0 Å². The smallest absolute Gasteiger partial charge is 0.234 e. The average Bonchev–Trinajstić information content (AvgIpc) is 2.77. The van der Waals surface area contributed by atoms with Crippen LogP contribution in [0.15, 0.2) is 16.5 Å². The number of aliphatic hydroxyl groups excluding tert-OH is 1. The summed E-state index contributed by atoms with van der Waals surface area (Å²) in [6.45, 7) is 1.57. The molecule has 17 heavy (non-hydrogen) atoms. The zero-order chi connectivity index (χ0) is 12.5. The molecule has 6 heteroatoms. The van der Waals surface area contributed by atoms with Crippen LogP contribution < -0.4 is 10.6 Å². The highest BCUT2D eigenvalue weighted by atomic mass is 16.5. The maximum atomic E-state index is 11.3. The van der Waals surface area contributed by atoms with Crippen LogP contribution in [0.25, 0.3) is 0 Å². The number of ether oxygens (including phenoxy) is 1. The summed E-state index contributed by atoms with van der Waals surface area (Å²) < 4.78 is 10.1. The van der Waals surface area contributed by atoms with Crippen LogP contribution in [0.5, 0.6) is 0 Å². The first-order chi connectivity index (χ1) is 8.26. The molecule has 96 valence electrons. The Bertz CT molecular complexity index is 338. The van der Waals surface area contributed by atoms with E-state index in [2.05, 4.69) is 10.6 Å². The summed E-state index contributed by atoms with van der Waals surface area (Å²) >= 11 is 0. The molecular weight excluding hydrogens is 224 g/mol. The van der Waals surface area contributed by atoms with Crippen molar-refractivity contribution in [2.75, 3.05) is 26.8 Å². The lowest BCUT2D eigenvalue weighted by Crippen LogP contribution is -2.35. The fraction of sp³-hybridized carbons (Fsp3) is 0.545. The molecule has 1 aromatic rings. The van der Waals surface area contributed by atoms with Crippen LogP contribution in [0, 0.1) is 0 Å². The monoisotopic (exact) mass is 242 g/mol. The van der Waals surface area contributed by atoms with E-state index in [9.17, 15) is 4.79 Å². The molecule has 0 saturated heterocycles. The maximum absolute atomic E-state index is 11.3. The van der Waals surface area contributed by atoms with Crippen molar-refractivity contribution in [3.8, 4) is 0 Å². The Hall–Kier alpha value is -1.37. The van der Waals surface area contributed by atoms with Crippen molar-refractivity contribution in [1.82, 2.24) is 10.6 Å². The molecule has 0 saturated carbocycles. The zero-order valence-corrected chi connectivity index (χ0v) is 9.86. The van der Waals surface area contributed by atoms with Gasteiger partial charge in [0.05, 0.1) is 19.7 Å². The Kier molecular flexibility index (Phi) is 6.31. The molecule has 0 aromatic carbocycles. The van der Waals surface area contributed by atoms with Gasteiger partial charge in [0.2, 0.25) is 5.91 Å². The summed E-state index contributed by atoms with van der Waals surface area (Å²) in [5.74, 6) is 1.13. The van der Waals surface area contributed by atoms with Gasteiger partial charge in [0.1, 0.15) is 18.1 Å². The predicted molar refractivity (Wildman–Crippen MR) is 61.2 cm³/mol. The summed E-state index contributed by atoms with van der Waals surface area (Å²) in [5, 5.41) is 14.4. The van der Waals surface area contributed by atoms with Crippen molar-refractivity contribution in [1.29, 1.82) is 0 Å². The van der Waals surface area contributed by atoms with Crippen molar-refractivity contribution < 1.29 is 19.1 Å². The van der Waals surface area contributed by atoms with Gasteiger partial charge in [-0.1, -0.05) is 0 Å². The van der Waals surface area contributed by atoms with Crippen molar-refractivity contribution in [2.24, 2.45) is 0 Å². The highest BCUT2D eigenvalue weighted by molar-refractivity contribution is 5.77. The summed E-state index contributed by atoms with van der Waals surface area (Å²) in [4.78, 5) is 11.3. The van der Waals surface area contributed by atoms with Gasteiger partial charge in [-0.3, -0.25) is 4.79 Å². The van der Waals surface area contributed by atoms with Crippen molar-refractivity contribution in [3.63, 3.8) is 0 Å². The van der Waals surface area contributed by atoms with Gasteiger partial charge in [-0.05, 0) is 12.1 Å². The second-order valence-corrected chi connectivity index (χ2v) is 3.47. The van der Waals surface area contributed by atoms with E-state index in [4.69, 9.17) is 14.3 Å². The summed E-state index contributed by atoms with van der Waals surface area (Å²) in [6, 6.07) is 3.47. The van der Waals surface area contributed by atoms with E-state index in [0.29, 0.717) is 31.2 Å². The van der Waals surface area contributed by atoms with E-state index in [-0.39, 0.29) is 19.1 Å². The Labute approximate surface area is 99.9 Å². The first-order valence-electron chi connectivity index (χ1n) is 5.41. The van der Waals surface area contributed by atoms with Crippen molar-refractivity contribution in [3.05, 3.63) is 23.7 Å². The minimum Gasteiger partial charge on any atom is -0.462 e. The first kappa shape index (κ1) is 13.7. The number of methoxy groups -OCH3 is 1. The Balaban J connectivity index is 2.12. The van der Waals surface area contributed by atoms with E-state index in [1.165, 1.54) is 0 Å². The molecule has 0 unspecified atom stereocenters. The zero-order valence-electron chi connectivity index (χ0n) is 9.86. The van der Waals surface area contributed by atoms with Gasteiger partial charge in [-0.25, -0.2) is 0 Å². The molecular formula is C11H18N2O4. The second-order valence-electron chi connectivity index (χ2n) is 3.47. The number of furan rings is 1. The molecule has 1 heterocycles. The summed E-state index contributed by atoms with van der Waals surface area (Å²) in [5.41, 5.74) is 0. The number of aliphatic hydroxyl groups is 1. The van der Waals surface area contributed by atoms with Gasteiger partial charge in [-0.2, -0.15) is 0 Å². The van der Waals surface area contributed by atoms with Gasteiger partial charge in [-0.15, -0.1) is 0 Å². The quantitative estimate of drug-likeness (QED) is 0.541. The molecule has 0 atom stereocenters. The topological polar surface area (TPSA) is 83.7 Å². The van der Waals surface area contributed by atoms with Crippen LogP contribution in [0.2, 0.25) is 0 Å². The number of carbonyl (C=O) groups excluding carboxylic acids is 1. The highest BCUT2D eigenvalue weighted by Gasteiger charge is 2.03. The lowest BCUT2D eigenvalue weighted by atomic mass is 10.4. The molecule has 0 radical (unpaired) electrons. The Morgan fingerprint density at radius 2 is 2.24 bits per heavy atom. The lowest BCUT2D eigenvalue weighted by molar-refractivity contribution is -0.120. The number of carbonyl (C=O) groups is 1. The molecule has 3 N–H and O–H groups in total. The Morgan fingerprint density at radius 1 is 1.47 bits per heavy atom. The maximum Gasteiger partial charge on any atom is 0.234 e. The summed E-state index contributed by atoms with van der Waals surface area (Å²) in [7, 11) is 1.58. The SMILES string of the molecule is COCCNC(=O)CNCc1ccc(CO)o1. The predicted octanol–water partition coefficient (Wildman–Crippen LogP) is -0.376. The summed E-state index contributed by atoms with van der Waals surface area (Å²) in [6.07, 6.45) is 0. The van der Waals surface area contributed by atoms with Crippen LogP contribution in [-0.4, -0.2) is 37.8 Å². The fourth-order valence-electron chi connectivity index (χ4n) is 1.26. The number of rotatable bonds is 8. The fourth-order valence-corrected chi connectivity index (χ4v) is 1.26. The van der Waals surface area contributed by atoms with Crippen molar-refractivity contribution in [2.45, 2.75) is 13.2 Å². The minimum absolute atomic E-state index is 0.0870. The van der Waals surface area contributed by atoms with Crippen LogP contribution in [0.3, 0.4) is 0 Å². The lowest BCUT2D eigenvalue weighted by Gasteiger charge is -2.04. The normalized spacial score (nSPS) is 10.5. The third-order valence-corrected chi connectivity index (χ3v) is 2.09. The van der Waals surface area contributed by atoms with E-state index < -0.39 is 0 Å². The van der Waals surface area contributed by atoms with Gasteiger partial charge in [0.15, 0.2) is 0 Å². The number of hydrogen-bond acceptors (Lipinski definition) is 5. The van der Waals surface area contributed by atoms with Crippen LogP contribution >= 0.6 is 0 Å². The highest BCUT2D eigenvalue weighted by Crippen LogP contribution is 2.06. The molecule has 0 spiro atoms. The van der Waals surface area contributed by atoms with Gasteiger partial charge >= 0.3 is 0 Å². The third-order valence-electron chi connectivity index (χ3n) is 2.09. The van der Waals surface area contributed by atoms with E-state index >= 15 is 0 Å². The van der Waals surface area contributed by atoms with Gasteiger partial charge < -0.3 is 24.9 Å². The molecule has 0 aliphatic carbocycles. The molecule has 1 rings (SSSR count). The number of nitrogens with one attached hydrogen (secondary N) is 2. The van der Waals surface area contributed by atoms with Crippen molar-refractivity contribution >= 4 is 5.91 Å². The largest absolute Gasteiger partial charge is 0.462 e. The van der Waals surface area contributed by atoms with Crippen LogP contribution in [-0.2, 0) is 22.7 Å².